The average molecular weight is 277 g/mol. The normalized spacial score (nSPS) is 12.5. The second-order valence-corrected chi connectivity index (χ2v) is 5.16. The molecule has 1 aromatic heterocycles. The van der Waals surface area contributed by atoms with Crippen molar-refractivity contribution in [3.63, 3.8) is 0 Å². The van der Waals surface area contributed by atoms with Crippen molar-refractivity contribution in [2.45, 2.75) is 19.0 Å². The molecule has 1 heterocycles. The van der Waals surface area contributed by atoms with Gasteiger partial charge in [-0.15, -0.1) is 0 Å². The van der Waals surface area contributed by atoms with Crippen LogP contribution in [-0.4, -0.2) is 0 Å². The van der Waals surface area contributed by atoms with Gasteiger partial charge in [0.15, 0.2) is 0 Å². The van der Waals surface area contributed by atoms with E-state index in [-0.39, 0.29) is 12.1 Å². The fraction of sp³-hybridized carbons (Fsp3) is 0.158. The first-order valence-electron chi connectivity index (χ1n) is 7.24. The van der Waals surface area contributed by atoms with Crippen molar-refractivity contribution in [1.29, 1.82) is 0 Å². The van der Waals surface area contributed by atoms with Crippen LogP contribution in [0.5, 0.6) is 0 Å². The minimum atomic E-state index is 0.144. The minimum absolute atomic E-state index is 0.144. The van der Waals surface area contributed by atoms with Gasteiger partial charge in [0.05, 0.1) is 18.3 Å². The van der Waals surface area contributed by atoms with Gasteiger partial charge in [-0.2, -0.15) is 0 Å². The van der Waals surface area contributed by atoms with E-state index in [1.807, 2.05) is 24.3 Å². The number of furan rings is 1. The van der Waals surface area contributed by atoms with Crippen LogP contribution in [0.3, 0.4) is 0 Å². The Kier molecular flexibility index (Phi) is 4.17. The van der Waals surface area contributed by atoms with Crippen LogP contribution in [0.2, 0.25) is 0 Å². The molecule has 0 aliphatic carbocycles. The van der Waals surface area contributed by atoms with Crippen LogP contribution in [0.15, 0.2) is 83.5 Å². The number of rotatable bonds is 5. The van der Waals surface area contributed by atoms with Crippen LogP contribution in [-0.2, 0) is 0 Å². The lowest BCUT2D eigenvalue weighted by molar-refractivity contribution is 0.411. The molecule has 0 amide bonds. The Morgan fingerprint density at radius 2 is 1.33 bits per heavy atom. The maximum Gasteiger partial charge on any atom is 0.120 e. The zero-order valence-corrected chi connectivity index (χ0v) is 12.1. The maximum absolute atomic E-state index is 5.51. The summed E-state index contributed by atoms with van der Waals surface area (Å²) in [5.41, 5.74) is 2.50. The molecule has 2 aromatic carbocycles. The van der Waals surface area contributed by atoms with Crippen molar-refractivity contribution >= 4 is 0 Å². The number of nitrogens with one attached hydrogen (secondary N) is 1. The molecule has 2 nitrogen and oxygen atoms in total. The van der Waals surface area contributed by atoms with Crippen LogP contribution in [0.25, 0.3) is 0 Å². The summed E-state index contributed by atoms with van der Waals surface area (Å²) < 4.78 is 5.51. The lowest BCUT2D eigenvalue weighted by Gasteiger charge is -2.23. The fourth-order valence-corrected chi connectivity index (χ4v) is 2.55. The van der Waals surface area contributed by atoms with Gasteiger partial charge in [-0.05, 0) is 30.2 Å². The van der Waals surface area contributed by atoms with E-state index >= 15 is 0 Å². The molecular weight excluding hydrogens is 258 g/mol. The second-order valence-electron chi connectivity index (χ2n) is 5.16. The molecule has 0 spiro atoms. The summed E-state index contributed by atoms with van der Waals surface area (Å²) in [6, 6.07) is 25.2. The third-order valence-corrected chi connectivity index (χ3v) is 3.65. The third-order valence-electron chi connectivity index (χ3n) is 3.65. The number of hydrogen-bond donors (Lipinski definition) is 1. The quantitative estimate of drug-likeness (QED) is 0.730. The van der Waals surface area contributed by atoms with Gasteiger partial charge in [0.2, 0.25) is 0 Å². The van der Waals surface area contributed by atoms with E-state index in [4.69, 9.17) is 4.42 Å². The Balaban J connectivity index is 1.90. The minimum Gasteiger partial charge on any atom is -0.468 e. The first-order chi connectivity index (χ1) is 10.3. The second kappa shape index (κ2) is 6.42. The first kappa shape index (κ1) is 13.7. The lowest BCUT2D eigenvalue weighted by Crippen LogP contribution is -2.25. The molecule has 3 aromatic rings. The molecule has 0 fully saturated rings. The van der Waals surface area contributed by atoms with Crippen molar-refractivity contribution in [3.8, 4) is 0 Å². The zero-order chi connectivity index (χ0) is 14.5. The molecule has 0 aliphatic heterocycles. The van der Waals surface area contributed by atoms with Crippen molar-refractivity contribution in [1.82, 2.24) is 5.32 Å². The predicted molar refractivity (Wildman–Crippen MR) is 85.0 cm³/mol. The number of benzene rings is 2. The maximum atomic E-state index is 5.51. The summed E-state index contributed by atoms with van der Waals surface area (Å²) in [6.07, 6.45) is 1.72. The molecule has 1 atom stereocenters. The summed E-state index contributed by atoms with van der Waals surface area (Å²) in [4.78, 5) is 0. The van der Waals surface area contributed by atoms with Crippen molar-refractivity contribution in [2.24, 2.45) is 0 Å². The van der Waals surface area contributed by atoms with E-state index < -0.39 is 0 Å². The molecule has 3 rings (SSSR count). The monoisotopic (exact) mass is 277 g/mol. The molecule has 106 valence electrons. The molecule has 2 heteroatoms. The van der Waals surface area contributed by atoms with Gasteiger partial charge in [0.25, 0.3) is 0 Å². The van der Waals surface area contributed by atoms with Gasteiger partial charge in [-0.3, -0.25) is 5.32 Å². The van der Waals surface area contributed by atoms with E-state index in [2.05, 4.69) is 60.8 Å². The molecular formula is C19H19NO. The van der Waals surface area contributed by atoms with Gasteiger partial charge in [-0.1, -0.05) is 60.7 Å². The lowest BCUT2D eigenvalue weighted by atomic mass is 9.97. The van der Waals surface area contributed by atoms with E-state index in [0.29, 0.717) is 0 Å². The van der Waals surface area contributed by atoms with Gasteiger partial charge in [0, 0.05) is 0 Å². The highest BCUT2D eigenvalue weighted by atomic mass is 16.3. The van der Waals surface area contributed by atoms with E-state index in [0.717, 1.165) is 5.76 Å². The van der Waals surface area contributed by atoms with Crippen LogP contribution < -0.4 is 5.32 Å². The van der Waals surface area contributed by atoms with Crippen LogP contribution in [0, 0.1) is 0 Å². The molecule has 0 bridgehead atoms. The Morgan fingerprint density at radius 1 is 0.762 bits per heavy atom. The van der Waals surface area contributed by atoms with Crippen LogP contribution in [0.4, 0.5) is 0 Å². The van der Waals surface area contributed by atoms with Crippen LogP contribution >= 0.6 is 0 Å². The molecule has 0 aliphatic rings. The molecule has 0 saturated carbocycles. The fourth-order valence-electron chi connectivity index (χ4n) is 2.55. The Hall–Kier alpha value is -2.32. The summed E-state index contributed by atoms with van der Waals surface area (Å²) in [5.74, 6) is 0.951. The van der Waals surface area contributed by atoms with Crippen molar-refractivity contribution in [3.05, 3.63) is 95.9 Å². The van der Waals surface area contributed by atoms with Gasteiger partial charge >= 0.3 is 0 Å². The average Bonchev–Trinajstić information content (AvgIpc) is 3.09. The standard InChI is InChI=1S/C19H19NO/c1-15(18-13-8-14-21-18)20-19(16-9-4-2-5-10-16)17-11-6-3-7-12-17/h2-15,19-20H,1H3/t15-/m0/s1. The van der Waals surface area contributed by atoms with E-state index in [1.165, 1.54) is 11.1 Å². The number of hydrogen-bond acceptors (Lipinski definition) is 2. The highest BCUT2D eigenvalue weighted by Gasteiger charge is 2.18. The van der Waals surface area contributed by atoms with E-state index in [1.54, 1.807) is 6.26 Å². The summed E-state index contributed by atoms with van der Waals surface area (Å²) in [6.45, 7) is 2.12. The van der Waals surface area contributed by atoms with Crippen molar-refractivity contribution in [2.75, 3.05) is 0 Å². The molecule has 1 N–H and O–H groups in total. The Labute approximate surface area is 125 Å². The van der Waals surface area contributed by atoms with Gasteiger partial charge < -0.3 is 4.42 Å². The Bertz CT molecular complexity index is 607. The van der Waals surface area contributed by atoms with Crippen LogP contribution in [0.1, 0.15) is 35.9 Å². The zero-order valence-electron chi connectivity index (χ0n) is 12.1. The summed E-state index contributed by atoms with van der Waals surface area (Å²) in [7, 11) is 0. The molecule has 0 radical (unpaired) electrons. The highest BCUT2D eigenvalue weighted by molar-refractivity contribution is 5.32. The SMILES string of the molecule is C[C@H](NC(c1ccccc1)c1ccccc1)c1ccco1. The van der Waals surface area contributed by atoms with Crippen molar-refractivity contribution < 1.29 is 4.42 Å². The third kappa shape index (κ3) is 3.23. The molecule has 21 heavy (non-hydrogen) atoms. The summed E-state index contributed by atoms with van der Waals surface area (Å²) in [5, 5.41) is 3.66. The largest absolute Gasteiger partial charge is 0.468 e. The highest BCUT2D eigenvalue weighted by Crippen LogP contribution is 2.25. The summed E-state index contributed by atoms with van der Waals surface area (Å²) >= 11 is 0. The predicted octanol–water partition coefficient (Wildman–Crippen LogP) is 4.72. The van der Waals surface area contributed by atoms with E-state index in [9.17, 15) is 0 Å². The first-order valence-corrected chi connectivity index (χ1v) is 7.24. The Morgan fingerprint density at radius 3 is 1.81 bits per heavy atom. The smallest absolute Gasteiger partial charge is 0.120 e. The molecule has 0 unspecified atom stereocenters. The van der Waals surface area contributed by atoms with Gasteiger partial charge in [-0.25, -0.2) is 0 Å². The van der Waals surface area contributed by atoms with Gasteiger partial charge in [0.1, 0.15) is 5.76 Å². The molecule has 0 saturated heterocycles. The topological polar surface area (TPSA) is 25.2 Å².